The number of rotatable bonds is 3. The Labute approximate surface area is 118 Å². The second-order valence-corrected chi connectivity index (χ2v) is 5.46. The molecule has 94 valence electrons. The van der Waals surface area contributed by atoms with E-state index in [1.54, 1.807) is 18.2 Å². The number of anilines is 1. The smallest absolute Gasteiger partial charge is 0.248 e. The molecule has 1 rings (SSSR count). The van der Waals surface area contributed by atoms with E-state index in [0.29, 0.717) is 0 Å². The van der Waals surface area contributed by atoms with Gasteiger partial charge in [-0.2, -0.15) is 5.26 Å². The van der Waals surface area contributed by atoms with Gasteiger partial charge in [0.05, 0.1) is 11.8 Å². The highest BCUT2D eigenvalue weighted by atomic mass is 35.6. The van der Waals surface area contributed by atoms with Crippen LogP contribution in [0, 0.1) is 22.7 Å². The number of nitrogens with zero attached hydrogens (tertiary/aromatic N) is 2. The molecule has 8 heteroatoms. The molecule has 1 amide bonds. The first-order valence-electron chi connectivity index (χ1n) is 4.63. The number of carbonyl (C=O) groups excluding carboxylic acids is 1. The molecule has 0 bridgehead atoms. The molecule has 0 aliphatic carbocycles. The number of nitriles is 1. The van der Waals surface area contributed by atoms with E-state index < -0.39 is 21.3 Å². The molecule has 1 aromatic heterocycles. The van der Waals surface area contributed by atoms with Crippen molar-refractivity contribution >= 4 is 52.2 Å². The average molecular weight is 306 g/mol. The van der Waals surface area contributed by atoms with Gasteiger partial charge in [0.2, 0.25) is 9.70 Å². The van der Waals surface area contributed by atoms with Gasteiger partial charge in [0.25, 0.3) is 0 Å². The Bertz CT molecular complexity index is 492. The number of pyridine rings is 1. The molecule has 5 nitrogen and oxygen atoms in total. The third-order valence-corrected chi connectivity index (χ3v) is 2.51. The summed E-state index contributed by atoms with van der Waals surface area (Å²) < 4.78 is -2.10. The number of hydrogen-bond acceptors (Lipinski definition) is 4. The zero-order valence-corrected chi connectivity index (χ0v) is 11.1. The van der Waals surface area contributed by atoms with Gasteiger partial charge in [-0.1, -0.05) is 40.9 Å². The highest BCUT2D eigenvalue weighted by Crippen LogP contribution is 2.30. The predicted octanol–water partition coefficient (Wildman–Crippen LogP) is 2.55. The maximum atomic E-state index is 11.7. The second-order valence-electron chi connectivity index (χ2n) is 3.18. The Morgan fingerprint density at radius 3 is 2.61 bits per heavy atom. The minimum atomic E-state index is -2.10. The lowest BCUT2D eigenvalue weighted by Crippen LogP contribution is -2.35. The highest BCUT2D eigenvalue weighted by Gasteiger charge is 2.37. The Morgan fingerprint density at radius 1 is 1.50 bits per heavy atom. The summed E-state index contributed by atoms with van der Waals surface area (Å²) in [5.41, 5.74) is -0.608. The maximum Gasteiger partial charge on any atom is 0.248 e. The van der Waals surface area contributed by atoms with E-state index in [-0.39, 0.29) is 5.82 Å². The Hall–Kier alpha value is -1.35. The monoisotopic (exact) mass is 304 g/mol. The number of carbonyl (C=O) groups is 1. The summed E-state index contributed by atoms with van der Waals surface area (Å²) in [6.45, 7) is 0. The number of amides is 1. The Balaban J connectivity index is 2.83. The van der Waals surface area contributed by atoms with E-state index in [1.165, 1.54) is 12.3 Å². The van der Waals surface area contributed by atoms with Crippen molar-refractivity contribution in [1.82, 2.24) is 4.98 Å². The molecule has 0 saturated carbocycles. The van der Waals surface area contributed by atoms with Gasteiger partial charge in [-0.15, -0.1) is 0 Å². The number of hydrogen-bond donors (Lipinski definition) is 2. The van der Waals surface area contributed by atoms with Crippen molar-refractivity contribution in [1.29, 1.82) is 10.7 Å². The number of halogens is 3. The van der Waals surface area contributed by atoms with E-state index in [0.717, 1.165) is 0 Å². The van der Waals surface area contributed by atoms with Crippen LogP contribution < -0.4 is 5.32 Å². The number of alkyl halides is 3. The zero-order valence-electron chi connectivity index (χ0n) is 8.82. The van der Waals surface area contributed by atoms with Crippen LogP contribution in [0.1, 0.15) is 0 Å². The standard InChI is InChI=1S/C10H7Cl3N4O/c11-10(12,13)8(15)6(5-14)9(18)17-7-3-1-2-4-16-7/h1-4,6,15H,(H,16,17,18)/t6-/m0/s1. The first kappa shape index (κ1) is 14.7. The van der Waals surface area contributed by atoms with Gasteiger partial charge in [-0.25, -0.2) is 4.98 Å². The number of nitrogens with one attached hydrogen (secondary N) is 2. The molecule has 0 radical (unpaired) electrons. The van der Waals surface area contributed by atoms with E-state index in [4.69, 9.17) is 45.5 Å². The molecule has 0 fully saturated rings. The van der Waals surface area contributed by atoms with Gasteiger partial charge in [0.15, 0.2) is 5.92 Å². The lowest BCUT2D eigenvalue weighted by Gasteiger charge is -2.16. The van der Waals surface area contributed by atoms with Crippen molar-refractivity contribution in [3.8, 4) is 6.07 Å². The van der Waals surface area contributed by atoms with E-state index >= 15 is 0 Å². The van der Waals surface area contributed by atoms with Crippen LogP contribution in [0.15, 0.2) is 24.4 Å². The van der Waals surface area contributed by atoms with Crippen molar-refractivity contribution in [2.24, 2.45) is 5.92 Å². The summed E-state index contributed by atoms with van der Waals surface area (Å²) in [7, 11) is 0. The summed E-state index contributed by atoms with van der Waals surface area (Å²) in [4.78, 5) is 15.6. The number of aromatic nitrogens is 1. The molecule has 1 atom stereocenters. The van der Waals surface area contributed by atoms with Gasteiger partial charge in [0.1, 0.15) is 5.82 Å². The molecule has 1 heterocycles. The molecule has 1 aromatic rings. The first-order chi connectivity index (χ1) is 8.36. The molecule has 0 aliphatic rings. The summed E-state index contributed by atoms with van der Waals surface area (Å²) in [5.74, 6) is -2.01. The van der Waals surface area contributed by atoms with Crippen molar-refractivity contribution < 1.29 is 4.79 Å². The largest absolute Gasteiger partial charge is 0.309 e. The molecule has 0 unspecified atom stereocenters. The molecular formula is C10H7Cl3N4O. The summed E-state index contributed by atoms with van der Waals surface area (Å²) in [5, 5.41) is 18.7. The zero-order chi connectivity index (χ0) is 13.8. The minimum absolute atomic E-state index is 0.250. The molecular weight excluding hydrogens is 298 g/mol. The maximum absolute atomic E-state index is 11.7. The van der Waals surface area contributed by atoms with Crippen LogP contribution in [0.2, 0.25) is 0 Å². The molecule has 2 N–H and O–H groups in total. The lowest BCUT2D eigenvalue weighted by atomic mass is 10.1. The third kappa shape index (κ3) is 3.84. The van der Waals surface area contributed by atoms with Crippen molar-refractivity contribution in [3.05, 3.63) is 24.4 Å². The summed E-state index contributed by atoms with van der Waals surface area (Å²) >= 11 is 16.4. The van der Waals surface area contributed by atoms with Crippen LogP contribution in [0.25, 0.3) is 0 Å². The van der Waals surface area contributed by atoms with Crippen LogP contribution in [-0.4, -0.2) is 20.4 Å². The van der Waals surface area contributed by atoms with Crippen LogP contribution in [0.5, 0.6) is 0 Å². The highest BCUT2D eigenvalue weighted by molar-refractivity contribution is 6.77. The quantitative estimate of drug-likeness (QED) is 0.664. The van der Waals surface area contributed by atoms with E-state index in [9.17, 15) is 4.79 Å². The minimum Gasteiger partial charge on any atom is -0.309 e. The molecule has 18 heavy (non-hydrogen) atoms. The van der Waals surface area contributed by atoms with Crippen molar-refractivity contribution in [2.75, 3.05) is 5.32 Å². The first-order valence-corrected chi connectivity index (χ1v) is 5.77. The van der Waals surface area contributed by atoms with Gasteiger partial charge in [0, 0.05) is 6.20 Å². The fraction of sp³-hybridized carbons (Fsp3) is 0.200. The van der Waals surface area contributed by atoms with E-state index in [1.807, 2.05) is 0 Å². The summed E-state index contributed by atoms with van der Waals surface area (Å²) in [6, 6.07) is 6.47. The van der Waals surface area contributed by atoms with Crippen molar-refractivity contribution in [3.63, 3.8) is 0 Å². The lowest BCUT2D eigenvalue weighted by molar-refractivity contribution is -0.116. The average Bonchev–Trinajstić information content (AvgIpc) is 2.29. The molecule has 0 aliphatic heterocycles. The van der Waals surface area contributed by atoms with Gasteiger partial charge < -0.3 is 10.7 Å². The second kappa shape index (κ2) is 6.01. The van der Waals surface area contributed by atoms with Crippen molar-refractivity contribution in [2.45, 2.75) is 3.79 Å². The fourth-order valence-electron chi connectivity index (χ4n) is 1.05. The molecule has 0 aromatic carbocycles. The predicted molar refractivity (Wildman–Crippen MR) is 70.0 cm³/mol. The van der Waals surface area contributed by atoms with E-state index in [2.05, 4.69) is 10.3 Å². The van der Waals surface area contributed by atoms with Crippen LogP contribution >= 0.6 is 34.8 Å². The SMILES string of the molecule is N#C[C@@H](C(=N)C(Cl)(Cl)Cl)C(=O)Nc1ccccn1. The summed E-state index contributed by atoms with van der Waals surface area (Å²) in [6.07, 6.45) is 1.47. The Kier molecular flexibility index (Phi) is 4.91. The third-order valence-electron chi connectivity index (χ3n) is 1.90. The molecule has 0 saturated heterocycles. The van der Waals surface area contributed by atoms with Gasteiger partial charge in [-0.3, -0.25) is 4.79 Å². The van der Waals surface area contributed by atoms with Crippen LogP contribution in [-0.2, 0) is 4.79 Å². The van der Waals surface area contributed by atoms with Gasteiger partial charge in [-0.05, 0) is 12.1 Å². The Morgan fingerprint density at radius 2 is 2.17 bits per heavy atom. The van der Waals surface area contributed by atoms with Crippen LogP contribution in [0.4, 0.5) is 5.82 Å². The van der Waals surface area contributed by atoms with Crippen LogP contribution in [0.3, 0.4) is 0 Å². The fourth-order valence-corrected chi connectivity index (χ4v) is 1.38. The topological polar surface area (TPSA) is 89.6 Å². The normalized spacial score (nSPS) is 12.3. The van der Waals surface area contributed by atoms with Gasteiger partial charge >= 0.3 is 0 Å². The molecule has 0 spiro atoms.